The fourth-order valence-electron chi connectivity index (χ4n) is 2.58. The third-order valence-electron chi connectivity index (χ3n) is 3.56. The highest BCUT2D eigenvalue weighted by atomic mass is 16.6. The summed E-state index contributed by atoms with van der Waals surface area (Å²) in [4.78, 5) is 23.2. The number of nitrogens with one attached hydrogen (secondary N) is 1. The average Bonchev–Trinajstić information content (AvgIpc) is 3.02. The van der Waals surface area contributed by atoms with Crippen LogP contribution in [0.25, 0.3) is 0 Å². The molecule has 1 aromatic carbocycles. The molecule has 0 aliphatic carbocycles. The average molecular weight is 247 g/mol. The van der Waals surface area contributed by atoms with Gasteiger partial charge in [-0.1, -0.05) is 30.3 Å². The normalized spacial score (nSPS) is 37.0. The molecule has 0 spiro atoms. The van der Waals surface area contributed by atoms with Gasteiger partial charge < -0.3 is 15.2 Å². The molecule has 1 aromatic rings. The summed E-state index contributed by atoms with van der Waals surface area (Å²) in [5.41, 5.74) is -2.08. The van der Waals surface area contributed by atoms with Gasteiger partial charge in [0, 0.05) is 6.42 Å². The van der Waals surface area contributed by atoms with Crippen molar-refractivity contribution in [3.8, 4) is 0 Å². The molecular formula is C13H13NO4. The van der Waals surface area contributed by atoms with Gasteiger partial charge in [-0.15, -0.1) is 0 Å². The lowest BCUT2D eigenvalue weighted by molar-refractivity contribution is -0.138. The second kappa shape index (κ2) is 3.40. The summed E-state index contributed by atoms with van der Waals surface area (Å²) >= 11 is 0. The van der Waals surface area contributed by atoms with Crippen molar-refractivity contribution in [3.63, 3.8) is 0 Å². The van der Waals surface area contributed by atoms with Crippen molar-refractivity contribution in [1.29, 1.82) is 0 Å². The van der Waals surface area contributed by atoms with Crippen LogP contribution < -0.4 is 5.32 Å². The van der Waals surface area contributed by atoms with Gasteiger partial charge in [-0.25, -0.2) is 0 Å². The molecule has 0 unspecified atom stereocenters. The van der Waals surface area contributed by atoms with Crippen molar-refractivity contribution in [2.24, 2.45) is 0 Å². The third kappa shape index (κ3) is 1.34. The lowest BCUT2D eigenvalue weighted by Gasteiger charge is -2.23. The number of benzene rings is 1. The molecular weight excluding hydrogens is 234 g/mol. The Morgan fingerprint density at radius 3 is 2.61 bits per heavy atom. The lowest BCUT2D eigenvalue weighted by atomic mass is 9.94. The number of ketones is 1. The SMILES string of the molecule is CC(=O)[C@]12O[C@H]1[C@](O)(Cc1ccccc1)NC2=O. The Hall–Kier alpha value is -1.72. The van der Waals surface area contributed by atoms with Gasteiger partial charge in [-0.05, 0) is 12.5 Å². The minimum absolute atomic E-state index is 0.222. The van der Waals surface area contributed by atoms with Crippen LogP contribution in [0.15, 0.2) is 30.3 Å². The monoisotopic (exact) mass is 247 g/mol. The zero-order valence-corrected chi connectivity index (χ0v) is 9.84. The second-order valence-corrected chi connectivity index (χ2v) is 4.83. The summed E-state index contributed by atoms with van der Waals surface area (Å²) in [6, 6.07) is 9.26. The molecule has 18 heavy (non-hydrogen) atoms. The summed E-state index contributed by atoms with van der Waals surface area (Å²) < 4.78 is 5.19. The van der Waals surface area contributed by atoms with Crippen molar-refractivity contribution in [2.45, 2.75) is 30.8 Å². The van der Waals surface area contributed by atoms with Crippen LogP contribution in [0.4, 0.5) is 0 Å². The number of carbonyl (C=O) groups excluding carboxylic acids is 2. The Bertz CT molecular complexity index is 529. The molecule has 5 nitrogen and oxygen atoms in total. The van der Waals surface area contributed by atoms with Gasteiger partial charge in [-0.2, -0.15) is 0 Å². The molecule has 0 aromatic heterocycles. The molecule has 2 fully saturated rings. The van der Waals surface area contributed by atoms with Crippen LogP contribution in [0.1, 0.15) is 12.5 Å². The van der Waals surface area contributed by atoms with Gasteiger partial charge in [0.15, 0.2) is 17.6 Å². The van der Waals surface area contributed by atoms with Gasteiger partial charge in [0.05, 0.1) is 0 Å². The summed E-state index contributed by atoms with van der Waals surface area (Å²) in [6.45, 7) is 1.30. The van der Waals surface area contributed by atoms with Crippen molar-refractivity contribution in [2.75, 3.05) is 0 Å². The van der Waals surface area contributed by atoms with Crippen LogP contribution in [0.5, 0.6) is 0 Å². The molecule has 0 radical (unpaired) electrons. The minimum Gasteiger partial charge on any atom is -0.368 e. The van der Waals surface area contributed by atoms with E-state index in [1.165, 1.54) is 6.92 Å². The fraction of sp³-hybridized carbons (Fsp3) is 0.385. The Kier molecular flexibility index (Phi) is 2.15. The Balaban J connectivity index is 1.87. The van der Waals surface area contributed by atoms with Crippen LogP contribution >= 0.6 is 0 Å². The number of fused-ring (bicyclic) bond motifs is 1. The van der Waals surface area contributed by atoms with Crippen LogP contribution in [0, 0.1) is 0 Å². The number of morpholine rings is 1. The second-order valence-electron chi connectivity index (χ2n) is 4.83. The van der Waals surface area contributed by atoms with E-state index in [0.29, 0.717) is 0 Å². The number of aliphatic hydroxyl groups is 1. The number of carbonyl (C=O) groups is 2. The van der Waals surface area contributed by atoms with Gasteiger partial charge >= 0.3 is 0 Å². The van der Waals surface area contributed by atoms with Crippen molar-refractivity contribution >= 4 is 11.7 Å². The van der Waals surface area contributed by atoms with Crippen LogP contribution in [-0.4, -0.2) is 34.2 Å². The van der Waals surface area contributed by atoms with E-state index in [1.807, 2.05) is 30.3 Å². The highest BCUT2D eigenvalue weighted by Gasteiger charge is 2.79. The number of epoxide rings is 1. The highest BCUT2D eigenvalue weighted by Crippen LogP contribution is 2.49. The molecule has 0 saturated carbocycles. The van der Waals surface area contributed by atoms with E-state index in [9.17, 15) is 14.7 Å². The number of Topliss-reactive ketones (excluding diaryl/α,β-unsaturated/α-hetero) is 1. The van der Waals surface area contributed by atoms with E-state index in [0.717, 1.165) is 5.56 Å². The molecule has 94 valence electrons. The van der Waals surface area contributed by atoms with E-state index in [1.54, 1.807) is 0 Å². The zero-order chi connectivity index (χ0) is 13.0. The van der Waals surface area contributed by atoms with Gasteiger partial charge in [0.25, 0.3) is 5.91 Å². The standard InChI is InChI=1S/C13H13NO4/c1-8(15)13-10(18-13)12(17,14-11(13)16)7-9-5-3-2-4-6-9/h2-6,10,17H,7H2,1H3,(H,14,16)/t10-,12+,13-/m0/s1. The maximum absolute atomic E-state index is 11.8. The Morgan fingerprint density at radius 2 is 2.11 bits per heavy atom. The molecule has 2 aliphatic heterocycles. The first kappa shape index (κ1) is 11.4. The molecule has 2 N–H and O–H groups in total. The Labute approximate surface area is 104 Å². The molecule has 2 saturated heterocycles. The first-order valence-corrected chi connectivity index (χ1v) is 5.77. The van der Waals surface area contributed by atoms with E-state index < -0.39 is 23.3 Å². The first-order valence-electron chi connectivity index (χ1n) is 5.77. The van der Waals surface area contributed by atoms with Crippen molar-refractivity contribution < 1.29 is 19.4 Å². The number of hydrogen-bond acceptors (Lipinski definition) is 4. The third-order valence-corrected chi connectivity index (χ3v) is 3.56. The predicted molar refractivity (Wildman–Crippen MR) is 61.5 cm³/mol. The van der Waals surface area contributed by atoms with Crippen molar-refractivity contribution in [1.82, 2.24) is 5.32 Å². The number of hydrogen-bond donors (Lipinski definition) is 2. The minimum atomic E-state index is -1.50. The van der Waals surface area contributed by atoms with Crippen LogP contribution in [0.3, 0.4) is 0 Å². The van der Waals surface area contributed by atoms with E-state index in [-0.39, 0.29) is 12.2 Å². The topological polar surface area (TPSA) is 78.9 Å². The maximum Gasteiger partial charge on any atom is 0.265 e. The van der Waals surface area contributed by atoms with Crippen LogP contribution in [0.2, 0.25) is 0 Å². The smallest absolute Gasteiger partial charge is 0.265 e. The number of rotatable bonds is 3. The van der Waals surface area contributed by atoms with Crippen LogP contribution in [-0.2, 0) is 20.7 Å². The maximum atomic E-state index is 11.8. The number of amides is 1. The van der Waals surface area contributed by atoms with Crippen molar-refractivity contribution in [3.05, 3.63) is 35.9 Å². The van der Waals surface area contributed by atoms with Gasteiger partial charge in [-0.3, -0.25) is 9.59 Å². The molecule has 5 heteroatoms. The summed E-state index contributed by atoms with van der Waals surface area (Å²) in [7, 11) is 0. The lowest BCUT2D eigenvalue weighted by Crippen LogP contribution is -2.49. The summed E-state index contributed by atoms with van der Waals surface area (Å²) in [5.74, 6) is -0.910. The predicted octanol–water partition coefficient (Wildman–Crippen LogP) is -0.226. The quantitative estimate of drug-likeness (QED) is 0.571. The highest BCUT2D eigenvalue weighted by molar-refractivity contribution is 6.14. The summed E-state index contributed by atoms with van der Waals surface area (Å²) in [5, 5.41) is 12.9. The van der Waals surface area contributed by atoms with Gasteiger partial charge in [0.2, 0.25) is 5.60 Å². The fourth-order valence-corrected chi connectivity index (χ4v) is 2.58. The molecule has 3 rings (SSSR count). The summed E-state index contributed by atoms with van der Waals surface area (Å²) in [6.07, 6.45) is -0.561. The van der Waals surface area contributed by atoms with E-state index in [2.05, 4.69) is 5.32 Å². The number of ether oxygens (including phenoxy) is 1. The molecule has 0 bridgehead atoms. The molecule has 1 amide bonds. The molecule has 2 heterocycles. The van der Waals surface area contributed by atoms with E-state index >= 15 is 0 Å². The molecule has 2 aliphatic rings. The molecule has 3 atom stereocenters. The zero-order valence-electron chi connectivity index (χ0n) is 9.84. The largest absolute Gasteiger partial charge is 0.368 e. The Morgan fingerprint density at radius 1 is 1.44 bits per heavy atom. The van der Waals surface area contributed by atoms with Gasteiger partial charge in [0.1, 0.15) is 0 Å². The van der Waals surface area contributed by atoms with E-state index in [4.69, 9.17) is 4.74 Å². The first-order chi connectivity index (χ1) is 8.49.